The molecule has 1 aliphatic rings. The number of fused-ring (bicyclic) bond motifs is 3. The van der Waals surface area contributed by atoms with E-state index in [-0.39, 0.29) is 0 Å². The van der Waals surface area contributed by atoms with Gasteiger partial charge in [0.25, 0.3) is 0 Å². The van der Waals surface area contributed by atoms with Gasteiger partial charge in [-0.25, -0.2) is 0 Å². The lowest BCUT2D eigenvalue weighted by Crippen LogP contribution is -2.44. The summed E-state index contributed by atoms with van der Waals surface area (Å²) in [5.74, 6) is 0. The van der Waals surface area contributed by atoms with E-state index in [0.717, 1.165) is 17.1 Å². The normalized spacial score (nSPS) is 15.4. The van der Waals surface area contributed by atoms with Crippen molar-refractivity contribution in [3.8, 4) is 22.3 Å². The molecule has 186 valence electrons. The lowest BCUT2D eigenvalue weighted by molar-refractivity contribution is 0.644. The lowest BCUT2D eigenvalue weighted by atomic mass is 9.78. The van der Waals surface area contributed by atoms with E-state index < -0.39 is 5.54 Å². The molecule has 2 heteroatoms. The summed E-state index contributed by atoms with van der Waals surface area (Å²) < 4.78 is 0. The number of nitrogen functional groups attached to an aromatic ring is 1. The van der Waals surface area contributed by atoms with Crippen LogP contribution in [0.4, 0.5) is 17.1 Å². The third kappa shape index (κ3) is 3.65. The molecule has 0 radical (unpaired) electrons. The molecule has 2 nitrogen and oxygen atoms in total. The molecule has 0 aliphatic heterocycles. The summed E-state index contributed by atoms with van der Waals surface area (Å²) in [6.45, 7) is 0. The van der Waals surface area contributed by atoms with Crippen molar-refractivity contribution in [3.63, 3.8) is 0 Å². The maximum Gasteiger partial charge on any atom is 0.122 e. The number of anilines is 3. The van der Waals surface area contributed by atoms with Crippen molar-refractivity contribution < 1.29 is 0 Å². The lowest BCUT2D eigenvalue weighted by Gasteiger charge is -2.45. The Bertz CT molecular complexity index is 1760. The van der Waals surface area contributed by atoms with Crippen molar-refractivity contribution in [2.75, 3.05) is 10.6 Å². The van der Waals surface area contributed by atoms with E-state index in [1.54, 1.807) is 0 Å². The van der Waals surface area contributed by atoms with Gasteiger partial charge in [0.05, 0.1) is 0 Å². The molecule has 2 N–H and O–H groups in total. The fourth-order valence-electron chi connectivity index (χ4n) is 6.20. The van der Waals surface area contributed by atoms with Crippen LogP contribution in [0.3, 0.4) is 0 Å². The predicted octanol–water partition coefficient (Wildman–Crippen LogP) is 9.05. The molecule has 0 aromatic heterocycles. The smallest absolute Gasteiger partial charge is 0.122 e. The van der Waals surface area contributed by atoms with Gasteiger partial charge in [-0.2, -0.15) is 0 Å². The van der Waals surface area contributed by atoms with E-state index in [4.69, 9.17) is 5.73 Å². The van der Waals surface area contributed by atoms with Gasteiger partial charge in [0.15, 0.2) is 0 Å². The number of nitrogens with zero attached hydrogens (tertiary/aromatic N) is 1. The molecule has 0 saturated carbocycles. The quantitative estimate of drug-likeness (QED) is 0.239. The highest BCUT2D eigenvalue weighted by Crippen LogP contribution is 2.58. The predicted molar refractivity (Wildman–Crippen MR) is 163 cm³/mol. The number of hydrogen-bond acceptors (Lipinski definition) is 2. The first-order valence-corrected chi connectivity index (χ1v) is 13.3. The van der Waals surface area contributed by atoms with Gasteiger partial charge in [-0.1, -0.05) is 121 Å². The minimum absolute atomic E-state index is 0.640. The molecule has 1 aliphatic carbocycles. The molecule has 0 bridgehead atoms. The molecular formula is C37H28N2. The summed E-state index contributed by atoms with van der Waals surface area (Å²) in [5, 5.41) is 0. The Balaban J connectivity index is 1.61. The van der Waals surface area contributed by atoms with Crippen LogP contribution in [0.1, 0.15) is 16.7 Å². The Morgan fingerprint density at radius 3 is 1.79 bits per heavy atom. The van der Waals surface area contributed by atoms with Gasteiger partial charge in [-0.3, -0.25) is 0 Å². The maximum atomic E-state index is 6.52. The highest BCUT2D eigenvalue weighted by molar-refractivity contribution is 5.90. The molecule has 0 fully saturated rings. The molecule has 0 saturated heterocycles. The van der Waals surface area contributed by atoms with E-state index in [9.17, 15) is 0 Å². The largest absolute Gasteiger partial charge is 0.399 e. The first-order chi connectivity index (χ1) is 19.3. The third-order valence-electron chi connectivity index (χ3n) is 7.79. The number of benzene rings is 6. The zero-order chi connectivity index (χ0) is 26.2. The Morgan fingerprint density at radius 1 is 0.436 bits per heavy atom. The molecule has 0 spiro atoms. The number of nitrogens with two attached hydrogens (primary N) is 1. The van der Waals surface area contributed by atoms with Crippen LogP contribution in [-0.2, 0) is 5.54 Å². The first-order valence-electron chi connectivity index (χ1n) is 13.3. The molecular weight excluding hydrogens is 472 g/mol. The van der Waals surface area contributed by atoms with Crippen molar-refractivity contribution in [3.05, 3.63) is 174 Å². The average Bonchev–Trinajstić information content (AvgIpc) is 3.29. The van der Waals surface area contributed by atoms with Gasteiger partial charge in [0.1, 0.15) is 5.54 Å². The van der Waals surface area contributed by atoms with Crippen LogP contribution in [0.2, 0.25) is 0 Å². The van der Waals surface area contributed by atoms with Gasteiger partial charge in [0, 0.05) is 17.1 Å². The van der Waals surface area contributed by atoms with Crippen LogP contribution in [0.15, 0.2) is 158 Å². The molecule has 39 heavy (non-hydrogen) atoms. The number of hydrogen-bond donors (Lipinski definition) is 1. The van der Waals surface area contributed by atoms with Crippen LogP contribution >= 0.6 is 0 Å². The van der Waals surface area contributed by atoms with Crippen molar-refractivity contribution in [1.82, 2.24) is 0 Å². The summed E-state index contributed by atoms with van der Waals surface area (Å²) in [7, 11) is 0. The third-order valence-corrected chi connectivity index (χ3v) is 7.79. The zero-order valence-corrected chi connectivity index (χ0v) is 21.5. The van der Waals surface area contributed by atoms with Gasteiger partial charge < -0.3 is 10.6 Å². The molecule has 1 unspecified atom stereocenters. The van der Waals surface area contributed by atoms with Crippen LogP contribution in [0.5, 0.6) is 0 Å². The second-order valence-electron chi connectivity index (χ2n) is 10.0. The van der Waals surface area contributed by atoms with Crippen molar-refractivity contribution in [2.24, 2.45) is 0 Å². The summed E-state index contributed by atoms with van der Waals surface area (Å²) in [4.78, 5) is 2.50. The Labute approximate surface area is 229 Å². The fraction of sp³-hybridized carbons (Fsp3) is 0.0270. The molecule has 0 heterocycles. The second-order valence-corrected chi connectivity index (χ2v) is 10.0. The van der Waals surface area contributed by atoms with Crippen LogP contribution in [0, 0.1) is 0 Å². The first kappa shape index (κ1) is 23.1. The van der Waals surface area contributed by atoms with E-state index in [1.807, 2.05) is 6.07 Å². The number of rotatable bonds is 5. The highest BCUT2D eigenvalue weighted by Gasteiger charge is 2.50. The van der Waals surface area contributed by atoms with E-state index >= 15 is 0 Å². The fourth-order valence-corrected chi connectivity index (χ4v) is 6.20. The topological polar surface area (TPSA) is 29.3 Å². The molecule has 6 aromatic carbocycles. The van der Waals surface area contributed by atoms with Gasteiger partial charge in [-0.15, -0.1) is 0 Å². The summed E-state index contributed by atoms with van der Waals surface area (Å²) in [6, 6.07) is 56.1. The molecule has 0 amide bonds. The van der Waals surface area contributed by atoms with Gasteiger partial charge in [0.2, 0.25) is 0 Å². The average molecular weight is 501 g/mol. The highest BCUT2D eigenvalue weighted by atomic mass is 15.2. The summed E-state index contributed by atoms with van der Waals surface area (Å²) in [5.41, 5.74) is 17.3. The summed E-state index contributed by atoms with van der Waals surface area (Å²) >= 11 is 0. The van der Waals surface area contributed by atoms with E-state index in [1.165, 1.54) is 38.9 Å². The molecule has 7 rings (SSSR count). The van der Waals surface area contributed by atoms with Gasteiger partial charge >= 0.3 is 0 Å². The second kappa shape index (κ2) is 9.34. The van der Waals surface area contributed by atoms with Crippen molar-refractivity contribution in [1.29, 1.82) is 0 Å². The van der Waals surface area contributed by atoms with Crippen LogP contribution < -0.4 is 10.6 Å². The Hall–Kier alpha value is -5.08. The van der Waals surface area contributed by atoms with Crippen molar-refractivity contribution in [2.45, 2.75) is 5.54 Å². The zero-order valence-electron chi connectivity index (χ0n) is 21.5. The van der Waals surface area contributed by atoms with E-state index in [0.29, 0.717) is 0 Å². The van der Waals surface area contributed by atoms with Crippen LogP contribution in [0.25, 0.3) is 22.3 Å². The standard InChI is InChI=1S/C37H28N2/c38-30-23-24-34-33-21-10-11-22-35(33)37(36(34)26-30,29-16-6-2-7-17-29)39(31-18-8-3-9-19-31)32-20-12-15-28(25-32)27-13-4-1-5-14-27/h1-26H,38H2. The summed E-state index contributed by atoms with van der Waals surface area (Å²) in [6.07, 6.45) is 0. The monoisotopic (exact) mass is 500 g/mol. The van der Waals surface area contributed by atoms with Crippen LogP contribution in [-0.4, -0.2) is 0 Å². The minimum atomic E-state index is -0.640. The minimum Gasteiger partial charge on any atom is -0.399 e. The SMILES string of the molecule is Nc1ccc2c(c1)C(c1ccccc1)(N(c1ccccc1)c1cccc(-c3ccccc3)c1)c1ccccc1-2. The molecule has 1 atom stereocenters. The van der Waals surface area contributed by atoms with Crippen molar-refractivity contribution >= 4 is 17.1 Å². The van der Waals surface area contributed by atoms with Gasteiger partial charge in [-0.05, 0) is 75.3 Å². The molecule has 6 aromatic rings. The Morgan fingerprint density at radius 2 is 1.03 bits per heavy atom. The number of para-hydroxylation sites is 1. The maximum absolute atomic E-state index is 6.52. The van der Waals surface area contributed by atoms with E-state index in [2.05, 4.69) is 157 Å². The Kier molecular flexibility index (Phi) is 5.53.